The van der Waals surface area contributed by atoms with E-state index in [1.165, 1.54) is 12.1 Å². The van der Waals surface area contributed by atoms with Crippen molar-refractivity contribution in [3.8, 4) is 0 Å². The summed E-state index contributed by atoms with van der Waals surface area (Å²) in [6, 6.07) is 3.56. The van der Waals surface area contributed by atoms with Gasteiger partial charge in [-0.1, -0.05) is 12.8 Å². The molecule has 84 valence electrons. The second kappa shape index (κ2) is 4.45. The first kappa shape index (κ1) is 12.4. The quantitative estimate of drug-likeness (QED) is 0.793. The Morgan fingerprint density at radius 2 is 1.47 bits per heavy atom. The van der Waals surface area contributed by atoms with Crippen LogP contribution in [-0.4, -0.2) is 0 Å². The van der Waals surface area contributed by atoms with Crippen molar-refractivity contribution in [2.45, 2.75) is 31.2 Å². The largest absolute Gasteiger partial charge is 0.321 e. The Balaban J connectivity index is 0.00000112. The number of halogens is 3. The highest BCUT2D eigenvalue weighted by Crippen LogP contribution is 2.36. The van der Waals surface area contributed by atoms with Gasteiger partial charge in [-0.25, -0.2) is 8.78 Å². The van der Waals surface area contributed by atoms with Gasteiger partial charge in [0.05, 0.1) is 0 Å². The van der Waals surface area contributed by atoms with Gasteiger partial charge >= 0.3 is 0 Å². The van der Waals surface area contributed by atoms with Gasteiger partial charge in [0.2, 0.25) is 0 Å². The fourth-order valence-corrected chi connectivity index (χ4v) is 2.14. The van der Waals surface area contributed by atoms with Crippen molar-refractivity contribution in [2.75, 3.05) is 0 Å². The van der Waals surface area contributed by atoms with Crippen molar-refractivity contribution in [2.24, 2.45) is 5.73 Å². The smallest absolute Gasteiger partial charge is 0.126 e. The van der Waals surface area contributed by atoms with Crippen molar-refractivity contribution in [3.05, 3.63) is 35.4 Å². The number of nitrogens with two attached hydrogens (primary N) is 1. The molecule has 1 aliphatic carbocycles. The van der Waals surface area contributed by atoms with Crippen molar-refractivity contribution < 1.29 is 8.78 Å². The van der Waals surface area contributed by atoms with Crippen molar-refractivity contribution in [1.29, 1.82) is 0 Å². The van der Waals surface area contributed by atoms with E-state index < -0.39 is 17.2 Å². The molecule has 0 heterocycles. The van der Waals surface area contributed by atoms with Crippen LogP contribution in [0.4, 0.5) is 8.78 Å². The molecule has 4 heteroatoms. The lowest BCUT2D eigenvalue weighted by Crippen LogP contribution is -2.33. The molecule has 0 aromatic heterocycles. The highest BCUT2D eigenvalue weighted by molar-refractivity contribution is 5.85. The van der Waals surface area contributed by atoms with Gasteiger partial charge in [-0.2, -0.15) is 0 Å². The van der Waals surface area contributed by atoms with Crippen LogP contribution in [0.25, 0.3) is 0 Å². The zero-order chi connectivity index (χ0) is 10.2. The summed E-state index contributed by atoms with van der Waals surface area (Å²) >= 11 is 0. The first-order chi connectivity index (χ1) is 6.60. The van der Waals surface area contributed by atoms with Crippen LogP contribution in [0.5, 0.6) is 0 Å². The Labute approximate surface area is 94.1 Å². The molecule has 2 N–H and O–H groups in total. The van der Waals surface area contributed by atoms with Gasteiger partial charge in [0.15, 0.2) is 0 Å². The average molecular weight is 234 g/mol. The summed E-state index contributed by atoms with van der Waals surface area (Å²) in [5.74, 6) is -1.09. The molecular formula is C11H14ClF2N. The molecule has 0 amide bonds. The van der Waals surface area contributed by atoms with E-state index in [-0.39, 0.29) is 12.4 Å². The fraction of sp³-hybridized carbons (Fsp3) is 0.455. The van der Waals surface area contributed by atoms with E-state index in [0.717, 1.165) is 31.7 Å². The maximum atomic E-state index is 13.0. The van der Waals surface area contributed by atoms with Gasteiger partial charge < -0.3 is 5.73 Å². The zero-order valence-electron chi connectivity index (χ0n) is 8.30. The molecule has 1 fully saturated rings. The highest BCUT2D eigenvalue weighted by Gasteiger charge is 2.31. The topological polar surface area (TPSA) is 26.0 Å². The molecule has 2 rings (SSSR count). The lowest BCUT2D eigenvalue weighted by atomic mass is 9.89. The number of benzene rings is 1. The molecule has 0 unspecified atom stereocenters. The lowest BCUT2D eigenvalue weighted by molar-refractivity contribution is 0.452. The van der Waals surface area contributed by atoms with Crippen LogP contribution in [-0.2, 0) is 5.54 Å². The van der Waals surface area contributed by atoms with E-state index in [0.29, 0.717) is 5.56 Å². The minimum absolute atomic E-state index is 0. The maximum absolute atomic E-state index is 13.0. The zero-order valence-corrected chi connectivity index (χ0v) is 9.12. The summed E-state index contributed by atoms with van der Waals surface area (Å²) in [6.07, 6.45) is 3.70. The summed E-state index contributed by atoms with van der Waals surface area (Å²) in [5, 5.41) is 0. The normalized spacial score (nSPS) is 18.6. The molecule has 0 radical (unpaired) electrons. The number of hydrogen-bond donors (Lipinski definition) is 1. The molecule has 0 aliphatic heterocycles. The molecule has 1 aromatic carbocycles. The van der Waals surface area contributed by atoms with Crippen LogP contribution in [0.15, 0.2) is 18.2 Å². The fourth-order valence-electron chi connectivity index (χ4n) is 2.14. The first-order valence-corrected chi connectivity index (χ1v) is 4.86. The Kier molecular flexibility index (Phi) is 3.68. The van der Waals surface area contributed by atoms with Crippen LogP contribution >= 0.6 is 12.4 Å². The predicted octanol–water partition coefficient (Wildman–Crippen LogP) is 3.11. The third kappa shape index (κ3) is 2.47. The van der Waals surface area contributed by atoms with Crippen LogP contribution in [0, 0.1) is 11.6 Å². The third-order valence-corrected chi connectivity index (χ3v) is 2.93. The van der Waals surface area contributed by atoms with Gasteiger partial charge in [0.25, 0.3) is 0 Å². The monoisotopic (exact) mass is 233 g/mol. The van der Waals surface area contributed by atoms with Crippen LogP contribution < -0.4 is 5.73 Å². The van der Waals surface area contributed by atoms with E-state index in [9.17, 15) is 8.78 Å². The Morgan fingerprint density at radius 3 is 1.93 bits per heavy atom. The van der Waals surface area contributed by atoms with Gasteiger partial charge in [0.1, 0.15) is 11.6 Å². The van der Waals surface area contributed by atoms with Gasteiger partial charge in [-0.05, 0) is 30.5 Å². The summed E-state index contributed by atoms with van der Waals surface area (Å²) in [4.78, 5) is 0. The van der Waals surface area contributed by atoms with Gasteiger partial charge in [-0.15, -0.1) is 12.4 Å². The molecule has 15 heavy (non-hydrogen) atoms. The van der Waals surface area contributed by atoms with Gasteiger partial charge in [-0.3, -0.25) is 0 Å². The number of rotatable bonds is 1. The number of hydrogen-bond acceptors (Lipinski definition) is 1. The Bertz CT molecular complexity index is 328. The van der Waals surface area contributed by atoms with Crippen LogP contribution in [0.3, 0.4) is 0 Å². The van der Waals surface area contributed by atoms with Crippen molar-refractivity contribution in [1.82, 2.24) is 0 Å². The van der Waals surface area contributed by atoms with Crippen LogP contribution in [0.2, 0.25) is 0 Å². The summed E-state index contributed by atoms with van der Waals surface area (Å²) in [6.45, 7) is 0. The first-order valence-electron chi connectivity index (χ1n) is 4.86. The average Bonchev–Trinajstić information content (AvgIpc) is 2.52. The molecule has 0 spiro atoms. The predicted molar refractivity (Wildman–Crippen MR) is 57.9 cm³/mol. The molecule has 0 saturated heterocycles. The second-order valence-corrected chi connectivity index (χ2v) is 4.02. The molecule has 0 atom stereocenters. The van der Waals surface area contributed by atoms with Gasteiger partial charge in [0, 0.05) is 11.6 Å². The van der Waals surface area contributed by atoms with E-state index in [1.54, 1.807) is 0 Å². The molecular weight excluding hydrogens is 220 g/mol. The molecule has 0 bridgehead atoms. The third-order valence-electron chi connectivity index (χ3n) is 2.93. The van der Waals surface area contributed by atoms with E-state index in [4.69, 9.17) is 5.73 Å². The van der Waals surface area contributed by atoms with Crippen molar-refractivity contribution in [3.63, 3.8) is 0 Å². The maximum Gasteiger partial charge on any atom is 0.126 e. The SMILES string of the molecule is Cl.NC1(c2cc(F)cc(F)c2)CCCC1. The standard InChI is InChI=1S/C11H13F2N.ClH/c12-9-5-8(6-10(13)7-9)11(14)3-1-2-4-11;/h5-7H,1-4,14H2;1H. The molecule has 1 saturated carbocycles. The Morgan fingerprint density at radius 1 is 1.00 bits per heavy atom. The minimum Gasteiger partial charge on any atom is -0.321 e. The van der Waals surface area contributed by atoms with E-state index >= 15 is 0 Å². The lowest BCUT2D eigenvalue weighted by Gasteiger charge is -2.24. The molecule has 1 nitrogen and oxygen atoms in total. The minimum atomic E-state index is -0.545. The summed E-state index contributed by atoms with van der Waals surface area (Å²) in [7, 11) is 0. The van der Waals surface area contributed by atoms with Crippen molar-refractivity contribution >= 4 is 12.4 Å². The summed E-state index contributed by atoms with van der Waals surface area (Å²) < 4.78 is 25.9. The highest BCUT2D eigenvalue weighted by atomic mass is 35.5. The van der Waals surface area contributed by atoms with Crippen LogP contribution in [0.1, 0.15) is 31.2 Å². The second-order valence-electron chi connectivity index (χ2n) is 4.02. The van der Waals surface area contributed by atoms with E-state index in [1.807, 2.05) is 0 Å². The molecule has 1 aliphatic rings. The Hall–Kier alpha value is -0.670. The van der Waals surface area contributed by atoms with E-state index in [2.05, 4.69) is 0 Å². The summed E-state index contributed by atoms with van der Waals surface area (Å²) in [5.41, 5.74) is 6.16. The molecule has 1 aromatic rings.